The molecule has 0 aliphatic carbocycles. The second-order valence-electron chi connectivity index (χ2n) is 2.74. The van der Waals surface area contributed by atoms with Gasteiger partial charge in [0.1, 0.15) is 6.61 Å². The van der Waals surface area contributed by atoms with Gasteiger partial charge in [0, 0.05) is 19.1 Å². The van der Waals surface area contributed by atoms with Crippen molar-refractivity contribution in [3.05, 3.63) is 0 Å². The van der Waals surface area contributed by atoms with Crippen LogP contribution < -0.4 is 0 Å². The molecule has 2 N–H and O–H groups in total. The summed E-state index contributed by atoms with van der Waals surface area (Å²) >= 11 is 0.867. The van der Waals surface area contributed by atoms with Gasteiger partial charge in [-0.15, -0.1) is 0 Å². The van der Waals surface area contributed by atoms with E-state index >= 15 is 0 Å². The van der Waals surface area contributed by atoms with Crippen molar-refractivity contribution in [2.45, 2.75) is 13.3 Å². The minimum atomic E-state index is -1.12. The highest BCUT2D eigenvalue weighted by molar-refractivity contribution is 8.13. The molecule has 0 aromatic rings. The summed E-state index contributed by atoms with van der Waals surface area (Å²) in [5.74, 6) is -2.48. The molecule has 0 saturated heterocycles. The number of aliphatic carboxylic acids is 1. The molecule has 0 aromatic heterocycles. The highest BCUT2D eigenvalue weighted by atomic mass is 32.2. The summed E-state index contributed by atoms with van der Waals surface area (Å²) in [6.45, 7) is 0.673. The van der Waals surface area contributed by atoms with E-state index in [9.17, 15) is 14.4 Å². The van der Waals surface area contributed by atoms with Gasteiger partial charge < -0.3 is 10.2 Å². The first kappa shape index (κ1) is 13.1. The van der Waals surface area contributed by atoms with E-state index in [0.717, 1.165) is 11.8 Å². The van der Waals surface area contributed by atoms with Gasteiger partial charge in [0.25, 0.3) is 0 Å². The van der Waals surface area contributed by atoms with Crippen LogP contribution in [0.2, 0.25) is 0 Å². The molecule has 0 heterocycles. The maximum atomic E-state index is 10.8. The molecule has 5 nitrogen and oxygen atoms in total. The van der Waals surface area contributed by atoms with Crippen LogP contribution >= 0.6 is 11.8 Å². The lowest BCUT2D eigenvalue weighted by Crippen LogP contribution is -2.22. The number of carbonyl (C=O) groups excluding carboxylic acids is 2. The van der Waals surface area contributed by atoms with Crippen molar-refractivity contribution in [2.24, 2.45) is 5.92 Å². The lowest BCUT2D eigenvalue weighted by molar-refractivity contribution is -0.143. The van der Waals surface area contributed by atoms with Crippen LogP contribution in [-0.4, -0.2) is 39.4 Å². The SMILES string of the molecule is CC(=O)SCC(CC(=O)CO)C(=O)O. The highest BCUT2D eigenvalue weighted by Crippen LogP contribution is 2.13. The zero-order valence-electron chi connectivity index (χ0n) is 7.73. The number of Topliss-reactive ketones (excluding diaryl/α,β-unsaturated/α-hetero) is 1. The third-order valence-electron chi connectivity index (χ3n) is 1.49. The van der Waals surface area contributed by atoms with E-state index in [4.69, 9.17) is 10.2 Å². The molecule has 0 aliphatic heterocycles. The molecule has 0 fully saturated rings. The van der Waals surface area contributed by atoms with Crippen molar-refractivity contribution in [1.82, 2.24) is 0 Å². The monoisotopic (exact) mass is 220 g/mol. The Kier molecular flexibility index (Phi) is 6.14. The Labute approximate surface area is 85.5 Å². The van der Waals surface area contributed by atoms with Crippen molar-refractivity contribution < 1.29 is 24.6 Å². The topological polar surface area (TPSA) is 91.7 Å². The number of ketones is 1. The fraction of sp³-hybridized carbons (Fsp3) is 0.625. The molecule has 80 valence electrons. The van der Waals surface area contributed by atoms with Gasteiger partial charge in [0.15, 0.2) is 10.9 Å². The van der Waals surface area contributed by atoms with Crippen LogP contribution in [0, 0.1) is 5.92 Å². The minimum Gasteiger partial charge on any atom is -0.481 e. The first-order valence-electron chi connectivity index (χ1n) is 3.96. The first-order chi connectivity index (χ1) is 6.47. The fourth-order valence-electron chi connectivity index (χ4n) is 0.775. The van der Waals surface area contributed by atoms with Crippen LogP contribution in [0.15, 0.2) is 0 Å². The molecular weight excluding hydrogens is 208 g/mol. The second kappa shape index (κ2) is 6.56. The summed E-state index contributed by atoms with van der Waals surface area (Å²) in [6.07, 6.45) is -0.230. The maximum absolute atomic E-state index is 10.8. The molecule has 1 unspecified atom stereocenters. The number of carbonyl (C=O) groups is 3. The van der Waals surface area contributed by atoms with Gasteiger partial charge in [-0.1, -0.05) is 11.8 Å². The van der Waals surface area contributed by atoms with E-state index in [2.05, 4.69) is 0 Å². The standard InChI is InChI=1S/C8H12O5S/c1-5(10)14-4-6(8(12)13)2-7(11)3-9/h6,9H,2-4H2,1H3,(H,12,13). The summed E-state index contributed by atoms with van der Waals surface area (Å²) in [7, 11) is 0. The van der Waals surface area contributed by atoms with Crippen LogP contribution in [0.5, 0.6) is 0 Å². The number of aliphatic hydroxyl groups excluding tert-OH is 1. The minimum absolute atomic E-state index is 0.0659. The van der Waals surface area contributed by atoms with Crippen molar-refractivity contribution in [3.8, 4) is 0 Å². The van der Waals surface area contributed by atoms with Crippen molar-refractivity contribution in [3.63, 3.8) is 0 Å². The van der Waals surface area contributed by atoms with E-state index in [1.54, 1.807) is 0 Å². The summed E-state index contributed by atoms with van der Waals surface area (Å²) < 4.78 is 0. The van der Waals surface area contributed by atoms with Crippen LogP contribution in [0.3, 0.4) is 0 Å². The highest BCUT2D eigenvalue weighted by Gasteiger charge is 2.21. The second-order valence-corrected chi connectivity index (χ2v) is 3.94. The molecule has 0 rings (SSSR count). The molecule has 0 amide bonds. The number of hydrogen-bond donors (Lipinski definition) is 2. The van der Waals surface area contributed by atoms with E-state index < -0.39 is 24.3 Å². The Morgan fingerprint density at radius 1 is 1.36 bits per heavy atom. The Hall–Kier alpha value is -0.880. The summed E-state index contributed by atoms with van der Waals surface area (Å²) in [4.78, 5) is 31.9. The lowest BCUT2D eigenvalue weighted by Gasteiger charge is -2.08. The van der Waals surface area contributed by atoms with E-state index in [-0.39, 0.29) is 17.3 Å². The third-order valence-corrected chi connectivity index (χ3v) is 2.46. The number of carboxylic acid groups (broad SMARTS) is 1. The van der Waals surface area contributed by atoms with Crippen LogP contribution in [-0.2, 0) is 14.4 Å². The van der Waals surface area contributed by atoms with Crippen LogP contribution in [0.4, 0.5) is 0 Å². The largest absolute Gasteiger partial charge is 0.481 e. The number of aliphatic hydroxyl groups is 1. The quantitative estimate of drug-likeness (QED) is 0.650. The molecule has 0 spiro atoms. The van der Waals surface area contributed by atoms with Crippen molar-refractivity contribution in [2.75, 3.05) is 12.4 Å². The van der Waals surface area contributed by atoms with Crippen molar-refractivity contribution >= 4 is 28.6 Å². The van der Waals surface area contributed by atoms with Gasteiger partial charge in [-0.25, -0.2) is 0 Å². The van der Waals surface area contributed by atoms with E-state index in [1.165, 1.54) is 6.92 Å². The summed E-state index contributed by atoms with van der Waals surface area (Å²) in [6, 6.07) is 0. The fourth-order valence-corrected chi connectivity index (χ4v) is 1.47. The van der Waals surface area contributed by atoms with E-state index in [1.807, 2.05) is 0 Å². The Balaban J connectivity index is 4.09. The lowest BCUT2D eigenvalue weighted by atomic mass is 10.1. The average Bonchev–Trinajstić information content (AvgIpc) is 2.10. The van der Waals surface area contributed by atoms with Gasteiger partial charge in [-0.05, 0) is 0 Å². The molecule has 14 heavy (non-hydrogen) atoms. The maximum Gasteiger partial charge on any atom is 0.307 e. The normalized spacial score (nSPS) is 12.1. The van der Waals surface area contributed by atoms with Gasteiger partial charge in [-0.2, -0.15) is 0 Å². The molecular formula is C8H12O5S. The number of rotatable bonds is 6. The van der Waals surface area contributed by atoms with E-state index in [0.29, 0.717) is 0 Å². The predicted molar refractivity (Wildman–Crippen MR) is 51.0 cm³/mol. The Bertz CT molecular complexity index is 238. The smallest absolute Gasteiger partial charge is 0.307 e. The summed E-state index contributed by atoms with van der Waals surface area (Å²) in [5.41, 5.74) is 0. The molecule has 1 atom stereocenters. The Morgan fingerprint density at radius 2 is 1.93 bits per heavy atom. The summed E-state index contributed by atoms with van der Waals surface area (Å²) in [5, 5.41) is 16.9. The molecule has 0 aliphatic rings. The molecule has 0 saturated carbocycles. The van der Waals surface area contributed by atoms with Crippen LogP contribution in [0.1, 0.15) is 13.3 Å². The van der Waals surface area contributed by atoms with Gasteiger partial charge in [-0.3, -0.25) is 14.4 Å². The van der Waals surface area contributed by atoms with Gasteiger partial charge in [0.05, 0.1) is 5.92 Å². The Morgan fingerprint density at radius 3 is 2.29 bits per heavy atom. The first-order valence-corrected chi connectivity index (χ1v) is 4.94. The number of hydrogen-bond acceptors (Lipinski definition) is 5. The third kappa shape index (κ3) is 5.71. The zero-order valence-corrected chi connectivity index (χ0v) is 8.54. The molecule has 6 heteroatoms. The molecule has 0 bridgehead atoms. The number of thioether (sulfide) groups is 1. The zero-order chi connectivity index (χ0) is 11.1. The number of carboxylic acids is 1. The van der Waals surface area contributed by atoms with Gasteiger partial charge in [0.2, 0.25) is 0 Å². The van der Waals surface area contributed by atoms with Gasteiger partial charge >= 0.3 is 5.97 Å². The van der Waals surface area contributed by atoms with Crippen molar-refractivity contribution in [1.29, 1.82) is 0 Å². The molecule has 0 aromatic carbocycles. The average molecular weight is 220 g/mol. The predicted octanol–water partition coefficient (Wildman–Crippen LogP) is -0.0816. The molecule has 0 radical (unpaired) electrons. The van der Waals surface area contributed by atoms with Crippen LogP contribution in [0.25, 0.3) is 0 Å².